The summed E-state index contributed by atoms with van der Waals surface area (Å²) in [5, 5.41) is 15.6. The molecule has 0 saturated carbocycles. The molecule has 5 rings (SSSR count). The van der Waals surface area contributed by atoms with Gasteiger partial charge in [0.05, 0.1) is 23.9 Å². The normalized spacial score (nSPS) is 18.7. The number of aromatic nitrogens is 1. The van der Waals surface area contributed by atoms with Crippen molar-refractivity contribution < 1.29 is 28.9 Å². The number of pyridine rings is 1. The minimum absolute atomic E-state index is 0.0727. The zero-order chi connectivity index (χ0) is 28.9. The standard InChI is InChI=1S/C30H35N5O6/c1-19-14-35(20(2)17-36)29(37)23-5-4-6-24(33-30(38)32-22-7-8-25-26(13-22)40-18-39-25)28(23)41-27(19)16-34(3)15-21-9-11-31-12-10-21/h4-13,19-20,27,36H,14-18H2,1-3H3,(H2,32,33,38)/t19-,20+,27+/m0/s1. The lowest BCUT2D eigenvalue weighted by Gasteiger charge is -2.38. The van der Waals surface area contributed by atoms with Gasteiger partial charge in [-0.05, 0) is 55.9 Å². The summed E-state index contributed by atoms with van der Waals surface area (Å²) in [5.74, 6) is 1.12. The van der Waals surface area contributed by atoms with Crippen LogP contribution in [0.3, 0.4) is 0 Å². The molecule has 3 N–H and O–H groups in total. The number of anilines is 2. The van der Waals surface area contributed by atoms with Gasteiger partial charge >= 0.3 is 6.03 Å². The van der Waals surface area contributed by atoms with Crippen molar-refractivity contribution in [1.29, 1.82) is 0 Å². The lowest BCUT2D eigenvalue weighted by Crippen LogP contribution is -2.49. The van der Waals surface area contributed by atoms with E-state index < -0.39 is 12.1 Å². The van der Waals surface area contributed by atoms with E-state index in [-0.39, 0.29) is 31.3 Å². The Balaban J connectivity index is 1.41. The SMILES string of the molecule is C[C@H](CO)N1C[C@H](C)[C@@H](CN(C)Cc2ccncc2)Oc2c(NC(=O)Nc3ccc4c(c3)OCO4)cccc2C1=O. The van der Waals surface area contributed by atoms with E-state index in [1.165, 1.54) is 0 Å². The Morgan fingerprint density at radius 1 is 1.15 bits per heavy atom. The van der Waals surface area contributed by atoms with Crippen LogP contribution >= 0.6 is 0 Å². The molecule has 0 radical (unpaired) electrons. The fraction of sp³-hybridized carbons (Fsp3) is 0.367. The van der Waals surface area contributed by atoms with Gasteiger partial charge in [-0.15, -0.1) is 0 Å². The Morgan fingerprint density at radius 3 is 2.71 bits per heavy atom. The highest BCUT2D eigenvalue weighted by Crippen LogP contribution is 2.36. The number of urea groups is 1. The van der Waals surface area contributed by atoms with Crippen LogP contribution in [-0.2, 0) is 6.54 Å². The molecule has 216 valence electrons. The number of nitrogens with zero attached hydrogens (tertiary/aromatic N) is 3. The van der Waals surface area contributed by atoms with Crippen molar-refractivity contribution in [3.05, 3.63) is 72.1 Å². The van der Waals surface area contributed by atoms with Gasteiger partial charge in [0.2, 0.25) is 6.79 Å². The number of carbonyl (C=O) groups excluding carboxylic acids is 2. The monoisotopic (exact) mass is 561 g/mol. The Morgan fingerprint density at radius 2 is 1.93 bits per heavy atom. The number of nitrogens with one attached hydrogen (secondary N) is 2. The molecule has 2 aliphatic rings. The summed E-state index contributed by atoms with van der Waals surface area (Å²) in [5.41, 5.74) is 2.32. The Bertz CT molecular complexity index is 1390. The van der Waals surface area contributed by atoms with Gasteiger partial charge in [-0.1, -0.05) is 13.0 Å². The molecule has 41 heavy (non-hydrogen) atoms. The number of rotatable bonds is 8. The zero-order valence-corrected chi connectivity index (χ0v) is 23.4. The van der Waals surface area contributed by atoms with E-state index in [1.54, 1.807) is 53.7 Å². The molecule has 3 aromatic rings. The van der Waals surface area contributed by atoms with Gasteiger partial charge in [-0.25, -0.2) is 4.79 Å². The van der Waals surface area contributed by atoms with E-state index in [9.17, 15) is 14.7 Å². The molecular weight excluding hydrogens is 526 g/mol. The van der Waals surface area contributed by atoms with E-state index in [1.807, 2.05) is 33.0 Å². The molecule has 1 aromatic heterocycles. The first-order valence-electron chi connectivity index (χ1n) is 13.6. The summed E-state index contributed by atoms with van der Waals surface area (Å²) in [6, 6.07) is 13.3. The van der Waals surface area contributed by atoms with Gasteiger partial charge in [0, 0.05) is 49.7 Å². The Labute approximate surface area is 239 Å². The molecule has 3 heterocycles. The van der Waals surface area contributed by atoms with Crippen molar-refractivity contribution in [3.63, 3.8) is 0 Å². The molecule has 0 spiro atoms. The smallest absolute Gasteiger partial charge is 0.323 e. The number of aliphatic hydroxyl groups excluding tert-OH is 1. The van der Waals surface area contributed by atoms with Gasteiger partial charge < -0.3 is 34.9 Å². The van der Waals surface area contributed by atoms with E-state index in [2.05, 4.69) is 20.5 Å². The van der Waals surface area contributed by atoms with Gasteiger partial charge in [0.25, 0.3) is 5.91 Å². The molecule has 11 nitrogen and oxygen atoms in total. The van der Waals surface area contributed by atoms with E-state index in [0.29, 0.717) is 53.8 Å². The first kappa shape index (κ1) is 28.2. The fourth-order valence-corrected chi connectivity index (χ4v) is 4.99. The summed E-state index contributed by atoms with van der Waals surface area (Å²) in [6.45, 7) is 5.48. The lowest BCUT2D eigenvalue weighted by molar-refractivity contribution is 0.0343. The van der Waals surface area contributed by atoms with Crippen molar-refractivity contribution in [2.45, 2.75) is 32.5 Å². The van der Waals surface area contributed by atoms with Gasteiger partial charge in [0.15, 0.2) is 17.2 Å². The Hall–Kier alpha value is -4.35. The summed E-state index contributed by atoms with van der Waals surface area (Å²) in [7, 11) is 2.01. The third-order valence-corrected chi connectivity index (χ3v) is 7.26. The lowest BCUT2D eigenvalue weighted by atomic mass is 9.99. The van der Waals surface area contributed by atoms with Crippen LogP contribution in [0.5, 0.6) is 17.2 Å². The largest absolute Gasteiger partial charge is 0.486 e. The average Bonchev–Trinajstić information content (AvgIpc) is 3.43. The van der Waals surface area contributed by atoms with Crippen molar-refractivity contribution in [3.8, 4) is 17.2 Å². The molecular formula is C30H35N5O6. The maximum atomic E-state index is 13.7. The number of carbonyl (C=O) groups is 2. The molecule has 0 unspecified atom stereocenters. The maximum Gasteiger partial charge on any atom is 0.323 e. The number of para-hydroxylation sites is 1. The van der Waals surface area contributed by atoms with Crippen molar-refractivity contribution in [2.24, 2.45) is 5.92 Å². The number of hydrogen-bond acceptors (Lipinski definition) is 8. The number of benzene rings is 2. The molecule has 11 heteroatoms. The molecule has 2 aliphatic heterocycles. The number of fused-ring (bicyclic) bond motifs is 2. The van der Waals surface area contributed by atoms with Crippen LogP contribution in [0, 0.1) is 5.92 Å². The minimum Gasteiger partial charge on any atom is -0.486 e. The molecule has 0 aliphatic carbocycles. The number of amides is 3. The summed E-state index contributed by atoms with van der Waals surface area (Å²) in [6.07, 6.45) is 3.21. The molecule has 0 fully saturated rings. The van der Waals surface area contributed by atoms with Gasteiger partial charge in [-0.3, -0.25) is 14.7 Å². The van der Waals surface area contributed by atoms with Crippen LogP contribution in [0.15, 0.2) is 60.9 Å². The van der Waals surface area contributed by atoms with Crippen molar-refractivity contribution in [2.75, 3.05) is 44.2 Å². The zero-order valence-electron chi connectivity index (χ0n) is 23.4. The minimum atomic E-state index is -0.504. The predicted molar refractivity (Wildman–Crippen MR) is 153 cm³/mol. The van der Waals surface area contributed by atoms with Crippen molar-refractivity contribution in [1.82, 2.24) is 14.8 Å². The average molecular weight is 562 g/mol. The van der Waals surface area contributed by atoms with Crippen LogP contribution in [-0.4, -0.2) is 77.5 Å². The van der Waals surface area contributed by atoms with E-state index in [4.69, 9.17) is 14.2 Å². The van der Waals surface area contributed by atoms with E-state index >= 15 is 0 Å². The number of ether oxygens (including phenoxy) is 3. The predicted octanol–water partition coefficient (Wildman–Crippen LogP) is 3.81. The first-order chi connectivity index (χ1) is 19.8. The van der Waals surface area contributed by atoms with Crippen LogP contribution in [0.1, 0.15) is 29.8 Å². The molecule has 0 saturated heterocycles. The summed E-state index contributed by atoms with van der Waals surface area (Å²) >= 11 is 0. The first-order valence-corrected chi connectivity index (χ1v) is 13.6. The van der Waals surface area contributed by atoms with Crippen LogP contribution in [0.4, 0.5) is 16.2 Å². The number of aliphatic hydroxyl groups is 1. The number of hydrogen-bond donors (Lipinski definition) is 3. The van der Waals surface area contributed by atoms with Crippen LogP contribution in [0.25, 0.3) is 0 Å². The van der Waals surface area contributed by atoms with Gasteiger partial charge in [0.1, 0.15) is 6.10 Å². The third-order valence-electron chi connectivity index (χ3n) is 7.26. The van der Waals surface area contributed by atoms with E-state index in [0.717, 1.165) is 5.56 Å². The van der Waals surface area contributed by atoms with Crippen molar-refractivity contribution >= 4 is 23.3 Å². The summed E-state index contributed by atoms with van der Waals surface area (Å²) < 4.78 is 17.3. The molecule has 2 aromatic carbocycles. The second-order valence-electron chi connectivity index (χ2n) is 10.5. The second-order valence-corrected chi connectivity index (χ2v) is 10.5. The Kier molecular flexibility index (Phi) is 8.55. The van der Waals surface area contributed by atoms with Gasteiger partial charge in [-0.2, -0.15) is 0 Å². The van der Waals surface area contributed by atoms with Crippen LogP contribution < -0.4 is 24.8 Å². The maximum absolute atomic E-state index is 13.7. The highest BCUT2D eigenvalue weighted by Gasteiger charge is 2.34. The fourth-order valence-electron chi connectivity index (χ4n) is 4.99. The quantitative estimate of drug-likeness (QED) is 0.379. The topological polar surface area (TPSA) is 125 Å². The molecule has 0 bridgehead atoms. The highest BCUT2D eigenvalue weighted by molar-refractivity contribution is 6.04. The summed E-state index contributed by atoms with van der Waals surface area (Å²) in [4.78, 5) is 34.7. The molecule has 3 atom stereocenters. The molecule has 3 amide bonds. The third kappa shape index (κ3) is 6.53. The highest BCUT2D eigenvalue weighted by atomic mass is 16.7. The number of likely N-dealkylation sites (N-methyl/N-ethyl adjacent to an activating group) is 1. The second kappa shape index (κ2) is 12.4. The van der Waals surface area contributed by atoms with Crippen LogP contribution in [0.2, 0.25) is 0 Å².